The second-order valence-electron chi connectivity index (χ2n) is 4.33. The molecule has 2 amide bonds. The number of nitrogens with one attached hydrogen (secondary N) is 1. The van der Waals surface area contributed by atoms with E-state index in [4.69, 9.17) is 17.3 Å². The van der Waals surface area contributed by atoms with E-state index in [1.54, 1.807) is 42.5 Å². The zero-order chi connectivity index (χ0) is 16.1. The highest BCUT2D eigenvalue weighted by Crippen LogP contribution is 2.28. The molecule has 3 N–H and O–H groups in total. The Labute approximate surface area is 145 Å². The van der Waals surface area contributed by atoms with Gasteiger partial charge in [-0.3, -0.25) is 9.59 Å². The topological polar surface area (TPSA) is 72.2 Å². The van der Waals surface area contributed by atoms with Crippen LogP contribution < -0.4 is 11.1 Å². The minimum atomic E-state index is -0.434. The molecule has 2 aromatic rings. The molecule has 0 spiro atoms. The van der Waals surface area contributed by atoms with Crippen molar-refractivity contribution in [3.05, 3.63) is 57.5 Å². The second kappa shape index (κ2) is 7.67. The molecule has 4 nitrogen and oxygen atoms in total. The van der Waals surface area contributed by atoms with Crippen LogP contribution >= 0.6 is 39.3 Å². The SMILES string of the molecule is NC(=O)CSc1ccccc1C(=O)Nc1ccc(Br)cc1Cl. The van der Waals surface area contributed by atoms with Gasteiger partial charge in [0.05, 0.1) is 22.0 Å². The first kappa shape index (κ1) is 16.9. The van der Waals surface area contributed by atoms with Gasteiger partial charge in [-0.25, -0.2) is 0 Å². The van der Waals surface area contributed by atoms with Gasteiger partial charge < -0.3 is 11.1 Å². The lowest BCUT2D eigenvalue weighted by Crippen LogP contribution is -2.15. The minimum absolute atomic E-state index is 0.114. The number of primary amides is 1. The lowest BCUT2D eigenvalue weighted by atomic mass is 10.2. The minimum Gasteiger partial charge on any atom is -0.369 e. The number of hydrogen-bond donors (Lipinski definition) is 2. The van der Waals surface area contributed by atoms with Crippen molar-refractivity contribution in [1.82, 2.24) is 0 Å². The molecule has 0 aromatic heterocycles. The molecule has 0 aliphatic carbocycles. The summed E-state index contributed by atoms with van der Waals surface area (Å²) >= 11 is 10.6. The first-order valence-electron chi connectivity index (χ1n) is 6.24. The highest BCUT2D eigenvalue weighted by molar-refractivity contribution is 9.10. The Morgan fingerprint density at radius 3 is 2.64 bits per heavy atom. The Hall–Kier alpha value is -1.50. The molecule has 114 valence electrons. The number of rotatable bonds is 5. The zero-order valence-electron chi connectivity index (χ0n) is 11.3. The molecule has 22 heavy (non-hydrogen) atoms. The summed E-state index contributed by atoms with van der Waals surface area (Å²) in [7, 11) is 0. The van der Waals surface area contributed by atoms with Crippen LogP contribution in [-0.2, 0) is 4.79 Å². The number of hydrogen-bond acceptors (Lipinski definition) is 3. The van der Waals surface area contributed by atoms with Gasteiger partial charge in [0.25, 0.3) is 5.91 Å². The third-order valence-electron chi connectivity index (χ3n) is 2.68. The third kappa shape index (κ3) is 4.50. The number of carbonyl (C=O) groups excluding carboxylic acids is 2. The van der Waals surface area contributed by atoms with Crippen molar-refractivity contribution in [2.45, 2.75) is 4.90 Å². The van der Waals surface area contributed by atoms with Crippen LogP contribution in [0.1, 0.15) is 10.4 Å². The van der Waals surface area contributed by atoms with Gasteiger partial charge >= 0.3 is 0 Å². The van der Waals surface area contributed by atoms with E-state index in [2.05, 4.69) is 21.2 Å². The number of anilines is 1. The smallest absolute Gasteiger partial charge is 0.256 e. The summed E-state index contributed by atoms with van der Waals surface area (Å²) in [5.74, 6) is -0.614. The lowest BCUT2D eigenvalue weighted by Gasteiger charge is -2.10. The van der Waals surface area contributed by atoms with Crippen LogP contribution in [0.15, 0.2) is 51.8 Å². The van der Waals surface area contributed by atoms with E-state index in [1.807, 2.05) is 0 Å². The lowest BCUT2D eigenvalue weighted by molar-refractivity contribution is -0.115. The molecule has 0 saturated carbocycles. The molecule has 0 aliphatic rings. The predicted octanol–water partition coefficient (Wildman–Crippen LogP) is 3.93. The first-order valence-corrected chi connectivity index (χ1v) is 8.39. The van der Waals surface area contributed by atoms with Crippen molar-refractivity contribution in [2.75, 3.05) is 11.1 Å². The largest absolute Gasteiger partial charge is 0.369 e. The zero-order valence-corrected chi connectivity index (χ0v) is 14.5. The van der Waals surface area contributed by atoms with Crippen LogP contribution in [0.4, 0.5) is 5.69 Å². The maximum Gasteiger partial charge on any atom is 0.256 e. The van der Waals surface area contributed by atoms with E-state index >= 15 is 0 Å². The molecule has 0 saturated heterocycles. The Balaban J connectivity index is 2.20. The van der Waals surface area contributed by atoms with E-state index in [-0.39, 0.29) is 11.7 Å². The van der Waals surface area contributed by atoms with Crippen LogP contribution in [0, 0.1) is 0 Å². The molecule has 0 radical (unpaired) electrons. The summed E-state index contributed by atoms with van der Waals surface area (Å²) in [4.78, 5) is 24.0. The van der Waals surface area contributed by atoms with Crippen molar-refractivity contribution in [3.63, 3.8) is 0 Å². The van der Waals surface area contributed by atoms with Gasteiger partial charge in [0.1, 0.15) is 0 Å². The second-order valence-corrected chi connectivity index (χ2v) is 6.67. The molecule has 0 aliphatic heterocycles. The van der Waals surface area contributed by atoms with Gasteiger partial charge in [-0.1, -0.05) is 39.7 Å². The van der Waals surface area contributed by atoms with E-state index in [0.29, 0.717) is 21.2 Å². The average Bonchev–Trinajstić information content (AvgIpc) is 2.48. The van der Waals surface area contributed by atoms with E-state index < -0.39 is 5.91 Å². The van der Waals surface area contributed by atoms with Crippen LogP contribution in [0.2, 0.25) is 5.02 Å². The third-order valence-corrected chi connectivity index (χ3v) is 4.58. The number of halogens is 2. The van der Waals surface area contributed by atoms with Crippen LogP contribution in [0.5, 0.6) is 0 Å². The fourth-order valence-corrected chi connectivity index (χ4v) is 3.22. The van der Waals surface area contributed by atoms with Crippen LogP contribution in [-0.4, -0.2) is 17.6 Å². The molecule has 7 heteroatoms. The van der Waals surface area contributed by atoms with Gasteiger partial charge in [0.2, 0.25) is 5.91 Å². The first-order chi connectivity index (χ1) is 10.5. The normalized spacial score (nSPS) is 10.3. The fraction of sp³-hybridized carbons (Fsp3) is 0.0667. The molecular formula is C15H12BrClN2O2S. The number of thioether (sulfide) groups is 1. The summed E-state index contributed by atoms with van der Waals surface area (Å²) < 4.78 is 0.827. The molecule has 0 bridgehead atoms. The monoisotopic (exact) mass is 398 g/mol. The Morgan fingerprint density at radius 1 is 1.23 bits per heavy atom. The molecule has 2 aromatic carbocycles. The molecule has 0 fully saturated rings. The van der Waals surface area contributed by atoms with Crippen LogP contribution in [0.25, 0.3) is 0 Å². The van der Waals surface area contributed by atoms with Gasteiger partial charge in [-0.2, -0.15) is 0 Å². The maximum absolute atomic E-state index is 12.4. The van der Waals surface area contributed by atoms with E-state index in [1.165, 1.54) is 11.8 Å². The van der Waals surface area contributed by atoms with Crippen molar-refractivity contribution < 1.29 is 9.59 Å². The number of nitrogens with two attached hydrogens (primary N) is 1. The molecule has 0 atom stereocenters. The summed E-state index contributed by atoms with van der Waals surface area (Å²) in [6.45, 7) is 0. The number of carbonyl (C=O) groups is 2. The Morgan fingerprint density at radius 2 is 1.95 bits per heavy atom. The summed E-state index contributed by atoms with van der Waals surface area (Å²) in [6.07, 6.45) is 0. The van der Waals surface area contributed by atoms with Crippen molar-refractivity contribution in [2.24, 2.45) is 5.73 Å². The van der Waals surface area contributed by atoms with E-state index in [0.717, 1.165) is 4.47 Å². The van der Waals surface area contributed by atoms with Crippen molar-refractivity contribution in [3.8, 4) is 0 Å². The van der Waals surface area contributed by atoms with Gasteiger partial charge in [-0.15, -0.1) is 11.8 Å². The summed E-state index contributed by atoms with van der Waals surface area (Å²) in [5, 5.41) is 3.20. The highest BCUT2D eigenvalue weighted by Gasteiger charge is 2.13. The molecule has 0 unspecified atom stereocenters. The fourth-order valence-electron chi connectivity index (χ4n) is 1.71. The van der Waals surface area contributed by atoms with Crippen molar-refractivity contribution >= 4 is 56.8 Å². The Kier molecular flexibility index (Phi) is 5.88. The van der Waals surface area contributed by atoms with E-state index in [9.17, 15) is 9.59 Å². The number of amides is 2. The molecular weight excluding hydrogens is 388 g/mol. The van der Waals surface area contributed by atoms with Gasteiger partial charge in [0.15, 0.2) is 0 Å². The number of benzene rings is 2. The molecule has 2 rings (SSSR count). The van der Waals surface area contributed by atoms with Gasteiger partial charge in [0, 0.05) is 9.37 Å². The summed E-state index contributed by atoms with van der Waals surface area (Å²) in [5.41, 5.74) is 6.13. The van der Waals surface area contributed by atoms with Crippen LogP contribution in [0.3, 0.4) is 0 Å². The average molecular weight is 400 g/mol. The quantitative estimate of drug-likeness (QED) is 0.748. The summed E-state index contributed by atoms with van der Waals surface area (Å²) in [6, 6.07) is 12.2. The van der Waals surface area contributed by atoms with Crippen molar-refractivity contribution in [1.29, 1.82) is 0 Å². The highest BCUT2D eigenvalue weighted by atomic mass is 79.9. The molecule has 0 heterocycles. The Bertz CT molecular complexity index is 724. The van der Waals surface area contributed by atoms with Gasteiger partial charge in [-0.05, 0) is 30.3 Å². The maximum atomic E-state index is 12.4. The standard InChI is InChI=1S/C15H12BrClN2O2S/c16-9-5-6-12(11(17)7-9)19-15(21)10-3-1-2-4-13(10)22-8-14(18)20/h1-7H,8H2,(H2,18,20)(H,19,21). The predicted molar refractivity (Wildman–Crippen MR) is 93.5 cm³/mol.